The summed E-state index contributed by atoms with van der Waals surface area (Å²) < 4.78 is 26.8. The lowest BCUT2D eigenvalue weighted by Crippen LogP contribution is -2.38. The third-order valence-corrected chi connectivity index (χ3v) is 8.44. The third-order valence-electron chi connectivity index (χ3n) is 6.53. The Morgan fingerprint density at radius 3 is 2.18 bits per heavy atom. The first-order chi connectivity index (χ1) is 15.9. The minimum Gasteiger partial charge on any atom is -0.325 e. The maximum atomic E-state index is 12.7. The van der Waals surface area contributed by atoms with Crippen molar-refractivity contribution in [2.24, 2.45) is 0 Å². The van der Waals surface area contributed by atoms with E-state index in [0.29, 0.717) is 25.3 Å². The van der Waals surface area contributed by atoms with Crippen molar-refractivity contribution in [1.29, 1.82) is 0 Å². The van der Waals surface area contributed by atoms with E-state index in [2.05, 4.69) is 33.7 Å². The number of likely N-dealkylation sites (tertiary alicyclic amines) is 1. The van der Waals surface area contributed by atoms with Crippen LogP contribution in [0, 0.1) is 0 Å². The van der Waals surface area contributed by atoms with E-state index in [0.717, 1.165) is 32.5 Å². The first kappa shape index (κ1) is 23.9. The fourth-order valence-corrected chi connectivity index (χ4v) is 5.98. The van der Waals surface area contributed by atoms with E-state index in [1.54, 1.807) is 24.3 Å². The summed E-state index contributed by atoms with van der Waals surface area (Å²) >= 11 is 0. The van der Waals surface area contributed by atoms with Gasteiger partial charge in [0.2, 0.25) is 15.9 Å². The number of carbonyl (C=O) groups excluding carboxylic acids is 1. The molecular weight excluding hydrogens is 436 g/mol. The average molecular weight is 471 g/mol. The number of hydrogen-bond donors (Lipinski definition) is 2. The van der Waals surface area contributed by atoms with E-state index in [1.165, 1.54) is 28.3 Å². The van der Waals surface area contributed by atoms with Gasteiger partial charge in [-0.25, -0.2) is 8.42 Å². The molecule has 2 aliphatic rings. The molecule has 2 aromatic carbocycles. The van der Waals surface area contributed by atoms with E-state index >= 15 is 0 Å². The van der Waals surface area contributed by atoms with Crippen molar-refractivity contribution in [2.75, 3.05) is 31.5 Å². The van der Waals surface area contributed by atoms with Crippen molar-refractivity contribution in [2.45, 2.75) is 56.6 Å². The summed E-state index contributed by atoms with van der Waals surface area (Å²) in [4.78, 5) is 15.4. The molecule has 0 spiro atoms. The van der Waals surface area contributed by atoms with Gasteiger partial charge in [0.05, 0.1) is 10.9 Å². The summed E-state index contributed by atoms with van der Waals surface area (Å²) in [6.07, 6.45) is 4.34. The SMILES string of the molecule is CC(NCc1ccccc1CN1CCCC1)C(=O)Nc1ccc(S(=O)(=O)N2CCCC2)cc1. The smallest absolute Gasteiger partial charge is 0.243 e. The summed E-state index contributed by atoms with van der Waals surface area (Å²) in [5, 5.41) is 6.21. The van der Waals surface area contributed by atoms with Crippen LogP contribution in [0.1, 0.15) is 43.7 Å². The first-order valence-corrected chi connectivity index (χ1v) is 13.3. The molecule has 7 nitrogen and oxygen atoms in total. The van der Waals surface area contributed by atoms with Gasteiger partial charge < -0.3 is 10.6 Å². The highest BCUT2D eigenvalue weighted by molar-refractivity contribution is 7.89. The summed E-state index contributed by atoms with van der Waals surface area (Å²) in [7, 11) is -3.45. The molecule has 0 aliphatic carbocycles. The molecule has 4 rings (SSSR count). The Morgan fingerprint density at radius 2 is 1.52 bits per heavy atom. The highest BCUT2D eigenvalue weighted by Gasteiger charge is 2.27. The maximum Gasteiger partial charge on any atom is 0.243 e. The number of rotatable bonds is 9. The van der Waals surface area contributed by atoms with Gasteiger partial charge in [-0.05, 0) is 81.1 Å². The quantitative estimate of drug-likeness (QED) is 0.588. The van der Waals surface area contributed by atoms with Crippen LogP contribution in [0.4, 0.5) is 5.69 Å². The zero-order valence-electron chi connectivity index (χ0n) is 19.3. The average Bonchev–Trinajstić information content (AvgIpc) is 3.53. The molecule has 2 aromatic rings. The molecule has 8 heteroatoms. The Kier molecular flexibility index (Phi) is 7.80. The Morgan fingerprint density at radius 1 is 0.909 bits per heavy atom. The molecule has 2 fully saturated rings. The molecule has 0 radical (unpaired) electrons. The minimum absolute atomic E-state index is 0.151. The molecule has 33 heavy (non-hydrogen) atoms. The lowest BCUT2D eigenvalue weighted by Gasteiger charge is -2.19. The van der Waals surface area contributed by atoms with E-state index in [9.17, 15) is 13.2 Å². The Labute approximate surface area is 197 Å². The van der Waals surface area contributed by atoms with E-state index in [4.69, 9.17) is 0 Å². The molecule has 2 N–H and O–H groups in total. The van der Waals surface area contributed by atoms with Gasteiger partial charge in [-0.2, -0.15) is 4.31 Å². The van der Waals surface area contributed by atoms with Crippen LogP contribution in [-0.4, -0.2) is 55.8 Å². The van der Waals surface area contributed by atoms with Gasteiger partial charge in [0.1, 0.15) is 0 Å². The third kappa shape index (κ3) is 6.00. The second-order valence-corrected chi connectivity index (χ2v) is 10.9. The summed E-state index contributed by atoms with van der Waals surface area (Å²) in [5.41, 5.74) is 3.10. The molecular formula is C25H34N4O3S. The van der Waals surface area contributed by atoms with Crippen LogP contribution in [0.5, 0.6) is 0 Å². The number of hydrogen-bond acceptors (Lipinski definition) is 5. The van der Waals surface area contributed by atoms with Crippen LogP contribution >= 0.6 is 0 Å². The van der Waals surface area contributed by atoms with E-state index in [-0.39, 0.29) is 10.8 Å². The van der Waals surface area contributed by atoms with Crippen molar-refractivity contribution in [3.8, 4) is 0 Å². The standard InChI is InChI=1S/C25H34N4O3S/c1-20(26-18-21-8-2-3-9-22(21)19-28-14-4-5-15-28)25(30)27-23-10-12-24(13-11-23)33(31,32)29-16-6-7-17-29/h2-3,8-13,20,26H,4-7,14-19H2,1H3,(H,27,30). The summed E-state index contributed by atoms with van der Waals surface area (Å²) in [5.74, 6) is -0.151. The van der Waals surface area contributed by atoms with Gasteiger partial charge in [0.25, 0.3) is 0 Å². The van der Waals surface area contributed by atoms with Gasteiger partial charge in [-0.3, -0.25) is 9.69 Å². The van der Waals surface area contributed by atoms with E-state index in [1.807, 2.05) is 13.0 Å². The van der Waals surface area contributed by atoms with Crippen LogP contribution in [-0.2, 0) is 27.9 Å². The number of anilines is 1. The normalized spacial score (nSPS) is 18.5. The predicted molar refractivity (Wildman–Crippen MR) is 130 cm³/mol. The maximum absolute atomic E-state index is 12.7. The molecule has 0 aromatic heterocycles. The highest BCUT2D eigenvalue weighted by Crippen LogP contribution is 2.22. The predicted octanol–water partition coefficient (Wildman–Crippen LogP) is 3.18. The first-order valence-electron chi connectivity index (χ1n) is 11.9. The Bertz CT molecular complexity index is 1040. The molecule has 0 bridgehead atoms. The zero-order valence-corrected chi connectivity index (χ0v) is 20.1. The van der Waals surface area contributed by atoms with Gasteiger partial charge in [0, 0.05) is 31.9 Å². The van der Waals surface area contributed by atoms with Crippen molar-refractivity contribution in [1.82, 2.24) is 14.5 Å². The van der Waals surface area contributed by atoms with Gasteiger partial charge in [-0.15, -0.1) is 0 Å². The fourth-order valence-electron chi connectivity index (χ4n) is 4.46. The van der Waals surface area contributed by atoms with Crippen molar-refractivity contribution in [3.63, 3.8) is 0 Å². The fraction of sp³-hybridized carbons (Fsp3) is 0.480. The topological polar surface area (TPSA) is 81.8 Å². The molecule has 2 aliphatic heterocycles. The van der Waals surface area contributed by atoms with Crippen LogP contribution < -0.4 is 10.6 Å². The number of benzene rings is 2. The molecule has 1 unspecified atom stereocenters. The Balaban J connectivity index is 1.31. The van der Waals surface area contributed by atoms with Gasteiger partial charge in [-0.1, -0.05) is 24.3 Å². The highest BCUT2D eigenvalue weighted by atomic mass is 32.2. The number of nitrogens with one attached hydrogen (secondary N) is 2. The second kappa shape index (κ2) is 10.8. The minimum atomic E-state index is -3.45. The molecule has 2 saturated heterocycles. The monoisotopic (exact) mass is 470 g/mol. The molecule has 1 amide bonds. The lowest BCUT2D eigenvalue weighted by atomic mass is 10.1. The van der Waals surface area contributed by atoms with E-state index < -0.39 is 16.1 Å². The molecule has 178 valence electrons. The number of sulfonamides is 1. The molecule has 0 saturated carbocycles. The van der Waals surface area contributed by atoms with Crippen LogP contribution in [0.25, 0.3) is 0 Å². The molecule has 2 heterocycles. The number of amides is 1. The van der Waals surface area contributed by atoms with Crippen molar-refractivity contribution >= 4 is 21.6 Å². The van der Waals surface area contributed by atoms with Crippen molar-refractivity contribution < 1.29 is 13.2 Å². The van der Waals surface area contributed by atoms with Crippen molar-refractivity contribution in [3.05, 3.63) is 59.7 Å². The zero-order chi connectivity index (χ0) is 23.3. The summed E-state index contributed by atoms with van der Waals surface area (Å²) in [6, 6.07) is 14.4. The molecule has 1 atom stereocenters. The van der Waals surface area contributed by atoms with Crippen LogP contribution in [0.3, 0.4) is 0 Å². The largest absolute Gasteiger partial charge is 0.325 e. The van der Waals surface area contributed by atoms with Gasteiger partial charge in [0.15, 0.2) is 0 Å². The van der Waals surface area contributed by atoms with Crippen LogP contribution in [0.15, 0.2) is 53.4 Å². The number of carbonyl (C=O) groups is 1. The number of nitrogens with zero attached hydrogens (tertiary/aromatic N) is 2. The second-order valence-electron chi connectivity index (χ2n) is 8.98. The van der Waals surface area contributed by atoms with Crippen LogP contribution in [0.2, 0.25) is 0 Å². The summed E-state index contributed by atoms with van der Waals surface area (Å²) in [6.45, 7) is 6.86. The Hall–Kier alpha value is -2.26. The lowest BCUT2D eigenvalue weighted by molar-refractivity contribution is -0.117. The van der Waals surface area contributed by atoms with Gasteiger partial charge >= 0.3 is 0 Å².